The molecule has 8 heteroatoms. The van der Waals surface area contributed by atoms with E-state index in [0.29, 0.717) is 6.54 Å². The summed E-state index contributed by atoms with van der Waals surface area (Å²) in [4.78, 5) is 27.6. The lowest BCUT2D eigenvalue weighted by molar-refractivity contribution is -0.141. The van der Waals surface area contributed by atoms with Gasteiger partial charge < -0.3 is 20.6 Å². The standard InChI is InChI=1S/C23H31N5O3/c1-23(9-10-23)20(24-2)22(31)28-14-17(29)12-19(28)21(30)25-13-15-4-6-16(7-5-15)18-8-11-26-27(18)3/h4-8,11,17,19-20,24,29H,9-10,12-14H2,1-3H3,(H,25,30)/t17-,19+,20?/m1/s1. The molecule has 8 nitrogen and oxygen atoms in total. The predicted molar refractivity (Wildman–Crippen MR) is 117 cm³/mol. The molecule has 0 radical (unpaired) electrons. The molecule has 0 bridgehead atoms. The third kappa shape index (κ3) is 4.36. The fraction of sp³-hybridized carbons (Fsp3) is 0.522. The number of amides is 2. The zero-order valence-electron chi connectivity index (χ0n) is 18.3. The third-order valence-electron chi connectivity index (χ3n) is 6.67. The minimum Gasteiger partial charge on any atom is -0.391 e. The highest BCUT2D eigenvalue weighted by molar-refractivity contribution is 5.91. The first-order valence-electron chi connectivity index (χ1n) is 10.8. The van der Waals surface area contributed by atoms with Gasteiger partial charge in [0.25, 0.3) is 0 Å². The van der Waals surface area contributed by atoms with Crippen molar-refractivity contribution in [2.45, 2.75) is 50.9 Å². The normalized spacial score (nSPS) is 22.9. The second-order valence-corrected chi connectivity index (χ2v) is 9.03. The average molecular weight is 426 g/mol. The molecule has 1 aromatic heterocycles. The van der Waals surface area contributed by atoms with Crippen molar-refractivity contribution in [3.05, 3.63) is 42.1 Å². The van der Waals surface area contributed by atoms with Gasteiger partial charge in [0.2, 0.25) is 11.8 Å². The first-order chi connectivity index (χ1) is 14.8. The Bertz CT molecular complexity index is 950. The summed E-state index contributed by atoms with van der Waals surface area (Å²) in [5.74, 6) is -0.323. The maximum atomic E-state index is 13.1. The zero-order valence-corrected chi connectivity index (χ0v) is 18.3. The molecule has 1 aliphatic heterocycles. The zero-order chi connectivity index (χ0) is 22.2. The van der Waals surface area contributed by atoms with Crippen LogP contribution in [0.4, 0.5) is 0 Å². The second kappa shape index (κ2) is 8.43. The molecule has 1 aromatic carbocycles. The van der Waals surface area contributed by atoms with Gasteiger partial charge >= 0.3 is 0 Å². The van der Waals surface area contributed by atoms with Gasteiger partial charge in [-0.15, -0.1) is 0 Å². The Morgan fingerprint density at radius 3 is 2.55 bits per heavy atom. The Balaban J connectivity index is 1.39. The van der Waals surface area contributed by atoms with E-state index in [1.165, 1.54) is 0 Å². The SMILES string of the molecule is CNC(C(=O)N1C[C@H](O)C[C@H]1C(=O)NCc1ccc(-c2ccnn2C)cc1)C1(C)CC1. The molecule has 1 aliphatic carbocycles. The number of β-amino-alcohol motifs (C(OH)–C–C–N with tert-alkyl or cyclic N) is 1. The summed E-state index contributed by atoms with van der Waals surface area (Å²) in [5.41, 5.74) is 2.98. The van der Waals surface area contributed by atoms with E-state index in [1.54, 1.807) is 18.1 Å². The first-order valence-corrected chi connectivity index (χ1v) is 10.8. The lowest BCUT2D eigenvalue weighted by atomic mass is 9.97. The fourth-order valence-electron chi connectivity index (χ4n) is 4.49. The third-order valence-corrected chi connectivity index (χ3v) is 6.67. The maximum absolute atomic E-state index is 13.1. The predicted octanol–water partition coefficient (Wildman–Crippen LogP) is 1.05. The second-order valence-electron chi connectivity index (χ2n) is 9.03. The molecule has 1 saturated heterocycles. The molecule has 166 valence electrons. The van der Waals surface area contributed by atoms with E-state index in [1.807, 2.05) is 42.1 Å². The molecule has 2 heterocycles. The van der Waals surface area contributed by atoms with Crippen molar-refractivity contribution in [1.29, 1.82) is 0 Å². The Morgan fingerprint density at radius 2 is 1.97 bits per heavy atom. The summed E-state index contributed by atoms with van der Waals surface area (Å²) in [5, 5.41) is 20.4. The smallest absolute Gasteiger partial charge is 0.243 e. The number of aromatic nitrogens is 2. The number of hydrogen-bond acceptors (Lipinski definition) is 5. The van der Waals surface area contributed by atoms with Crippen LogP contribution >= 0.6 is 0 Å². The lowest BCUT2D eigenvalue weighted by Gasteiger charge is -2.30. The van der Waals surface area contributed by atoms with E-state index >= 15 is 0 Å². The fourth-order valence-corrected chi connectivity index (χ4v) is 4.49. The summed E-state index contributed by atoms with van der Waals surface area (Å²) >= 11 is 0. The van der Waals surface area contributed by atoms with Crippen molar-refractivity contribution in [1.82, 2.24) is 25.3 Å². The Labute approximate surface area is 182 Å². The van der Waals surface area contributed by atoms with Crippen LogP contribution in [0.15, 0.2) is 36.5 Å². The molecule has 2 amide bonds. The van der Waals surface area contributed by atoms with Gasteiger partial charge in [0, 0.05) is 32.8 Å². The Hall–Kier alpha value is -2.71. The van der Waals surface area contributed by atoms with Crippen LogP contribution in [0.1, 0.15) is 31.7 Å². The molecule has 0 spiro atoms. The summed E-state index contributed by atoms with van der Waals surface area (Å²) in [6, 6.07) is 8.93. The topological polar surface area (TPSA) is 99.5 Å². The van der Waals surface area contributed by atoms with Crippen LogP contribution in [0.5, 0.6) is 0 Å². The summed E-state index contributed by atoms with van der Waals surface area (Å²) < 4.78 is 1.81. The highest BCUT2D eigenvalue weighted by Gasteiger charge is 2.51. The van der Waals surface area contributed by atoms with Crippen LogP contribution in [0.3, 0.4) is 0 Å². The number of nitrogens with zero attached hydrogens (tertiary/aromatic N) is 3. The molecule has 3 atom stereocenters. The van der Waals surface area contributed by atoms with Gasteiger partial charge in [-0.1, -0.05) is 31.2 Å². The highest BCUT2D eigenvalue weighted by Crippen LogP contribution is 2.48. The highest BCUT2D eigenvalue weighted by atomic mass is 16.3. The van der Waals surface area contributed by atoms with Gasteiger partial charge in [-0.2, -0.15) is 5.10 Å². The summed E-state index contributed by atoms with van der Waals surface area (Å²) in [6.45, 7) is 2.65. The van der Waals surface area contributed by atoms with Gasteiger partial charge in [-0.3, -0.25) is 14.3 Å². The number of nitrogens with one attached hydrogen (secondary N) is 2. The minimum atomic E-state index is -0.678. The first kappa shape index (κ1) is 21.5. The van der Waals surface area contributed by atoms with Crippen molar-refractivity contribution in [2.75, 3.05) is 13.6 Å². The van der Waals surface area contributed by atoms with E-state index in [0.717, 1.165) is 29.7 Å². The van der Waals surface area contributed by atoms with Crippen molar-refractivity contribution < 1.29 is 14.7 Å². The minimum absolute atomic E-state index is 0.0595. The number of carbonyl (C=O) groups is 2. The van der Waals surface area contributed by atoms with Crippen molar-refractivity contribution in [3.63, 3.8) is 0 Å². The van der Waals surface area contributed by atoms with Crippen LogP contribution in [0.2, 0.25) is 0 Å². The molecule has 1 unspecified atom stereocenters. The van der Waals surface area contributed by atoms with E-state index in [-0.39, 0.29) is 36.2 Å². The van der Waals surface area contributed by atoms with Crippen molar-refractivity contribution >= 4 is 11.8 Å². The van der Waals surface area contributed by atoms with E-state index in [2.05, 4.69) is 22.7 Å². The number of rotatable bonds is 7. The van der Waals surface area contributed by atoms with Gasteiger partial charge in [-0.25, -0.2) is 0 Å². The number of aryl methyl sites for hydroxylation is 1. The molecule has 1 saturated carbocycles. The molecular formula is C23H31N5O3. The van der Waals surface area contributed by atoms with E-state index in [4.69, 9.17) is 0 Å². The summed E-state index contributed by atoms with van der Waals surface area (Å²) in [7, 11) is 3.68. The van der Waals surface area contributed by atoms with Gasteiger partial charge in [0.1, 0.15) is 6.04 Å². The van der Waals surface area contributed by atoms with Crippen LogP contribution in [0.25, 0.3) is 11.3 Å². The number of aliphatic hydroxyl groups excluding tert-OH is 1. The maximum Gasteiger partial charge on any atom is 0.243 e. The molecule has 4 rings (SSSR count). The molecule has 2 aromatic rings. The Morgan fingerprint density at radius 1 is 1.26 bits per heavy atom. The van der Waals surface area contributed by atoms with Crippen LogP contribution in [-0.4, -0.2) is 63.4 Å². The monoisotopic (exact) mass is 425 g/mol. The number of carbonyl (C=O) groups excluding carboxylic acids is 2. The number of likely N-dealkylation sites (tertiary alicyclic amines) is 1. The van der Waals surface area contributed by atoms with E-state index in [9.17, 15) is 14.7 Å². The van der Waals surface area contributed by atoms with Crippen molar-refractivity contribution in [3.8, 4) is 11.3 Å². The molecule has 2 fully saturated rings. The molecule has 31 heavy (non-hydrogen) atoms. The Kier molecular flexibility index (Phi) is 5.85. The van der Waals surface area contributed by atoms with Crippen molar-refractivity contribution in [2.24, 2.45) is 12.5 Å². The summed E-state index contributed by atoms with van der Waals surface area (Å²) in [6.07, 6.45) is 3.33. The molecular weight excluding hydrogens is 394 g/mol. The largest absolute Gasteiger partial charge is 0.391 e. The number of benzene rings is 1. The van der Waals surface area contributed by atoms with E-state index < -0.39 is 12.1 Å². The molecule has 2 aliphatic rings. The van der Waals surface area contributed by atoms with Gasteiger partial charge in [0.05, 0.1) is 17.8 Å². The number of likely N-dealkylation sites (N-methyl/N-ethyl adjacent to an activating group) is 1. The number of hydrogen-bond donors (Lipinski definition) is 3. The van der Waals surface area contributed by atoms with Crippen LogP contribution in [0, 0.1) is 5.41 Å². The average Bonchev–Trinajstić information content (AvgIpc) is 3.16. The lowest BCUT2D eigenvalue weighted by Crippen LogP contribution is -2.54. The number of aliphatic hydroxyl groups is 1. The quantitative estimate of drug-likeness (QED) is 0.616. The van der Waals surface area contributed by atoms with Gasteiger partial charge in [0.15, 0.2) is 0 Å². The molecule has 3 N–H and O–H groups in total. The van der Waals surface area contributed by atoms with Crippen LogP contribution < -0.4 is 10.6 Å². The van der Waals surface area contributed by atoms with Gasteiger partial charge in [-0.05, 0) is 42.5 Å². The van der Waals surface area contributed by atoms with Crippen LogP contribution in [-0.2, 0) is 23.2 Å².